The lowest BCUT2D eigenvalue weighted by Crippen LogP contribution is -2.23. The third kappa shape index (κ3) is 6.35. The molecule has 0 heterocycles. The van der Waals surface area contributed by atoms with Crippen molar-refractivity contribution in [2.45, 2.75) is 44.6 Å². The Morgan fingerprint density at radius 2 is 1.79 bits per heavy atom. The van der Waals surface area contributed by atoms with Crippen molar-refractivity contribution in [1.82, 2.24) is 0 Å². The Morgan fingerprint density at radius 3 is 2.32 bits per heavy atom. The van der Waals surface area contributed by atoms with Crippen molar-refractivity contribution in [3.05, 3.63) is 48.0 Å². The summed E-state index contributed by atoms with van der Waals surface area (Å²) in [5.41, 5.74) is 2.32. The quantitative estimate of drug-likeness (QED) is 0.220. The molecule has 0 saturated heterocycles. The molecule has 1 rings (SSSR count). The second-order valence-electron chi connectivity index (χ2n) is 4.92. The third-order valence-electron chi connectivity index (χ3n) is 3.22. The molecule has 0 fully saturated rings. The van der Waals surface area contributed by atoms with Crippen LogP contribution in [0.4, 0.5) is 0 Å². The fraction of sp³-hybridized carbons (Fsp3) is 0.467. The molecule has 0 N–H and O–H groups in total. The van der Waals surface area contributed by atoms with Crippen molar-refractivity contribution in [3.8, 4) is 0 Å². The first-order valence-electron chi connectivity index (χ1n) is 6.73. The van der Waals surface area contributed by atoms with Crippen LogP contribution in [0.15, 0.2) is 42.5 Å². The van der Waals surface area contributed by atoms with E-state index >= 15 is 0 Å². The minimum atomic E-state index is -2.78. The van der Waals surface area contributed by atoms with Gasteiger partial charge in [0.15, 0.2) is 0 Å². The molecule has 0 amide bonds. The highest BCUT2D eigenvalue weighted by Gasteiger charge is 2.37. The predicted molar refractivity (Wildman–Crippen MR) is 90.4 cm³/mol. The van der Waals surface area contributed by atoms with Gasteiger partial charge in [0.1, 0.15) is 0 Å². The van der Waals surface area contributed by atoms with Gasteiger partial charge in [-0.15, -0.1) is 33.2 Å². The van der Waals surface area contributed by atoms with Crippen LogP contribution in [-0.2, 0) is 0 Å². The molecule has 0 saturated carbocycles. The fourth-order valence-electron chi connectivity index (χ4n) is 2.12. The number of benzene rings is 1. The Kier molecular flexibility index (Phi) is 7.52. The molecule has 1 unspecified atom stereocenters. The van der Waals surface area contributed by atoms with Crippen LogP contribution < -0.4 is 0 Å². The van der Waals surface area contributed by atoms with Crippen molar-refractivity contribution >= 4 is 39.2 Å². The highest BCUT2D eigenvalue weighted by molar-refractivity contribution is 7.65. The van der Waals surface area contributed by atoms with E-state index < -0.39 is 6.00 Å². The summed E-state index contributed by atoms with van der Waals surface area (Å²) in [6.45, 7) is 6.35. The first-order chi connectivity index (χ1) is 8.95. The van der Waals surface area contributed by atoms with Gasteiger partial charge >= 0.3 is 6.00 Å². The summed E-state index contributed by atoms with van der Waals surface area (Å²) in [5.74, 6) is 0. The smallest absolute Gasteiger partial charge is 0.125 e. The van der Waals surface area contributed by atoms with E-state index in [1.165, 1.54) is 24.8 Å². The SMILES string of the molecule is C=C(CCCCC)CC(c1ccccc1)[Si](Cl)(Cl)Cl. The highest BCUT2D eigenvalue weighted by Crippen LogP contribution is 2.41. The molecule has 0 radical (unpaired) electrons. The maximum atomic E-state index is 6.27. The maximum Gasteiger partial charge on any atom is 0.348 e. The molecule has 0 bridgehead atoms. The molecule has 0 aromatic heterocycles. The van der Waals surface area contributed by atoms with Crippen LogP contribution in [0.1, 0.15) is 50.1 Å². The van der Waals surface area contributed by atoms with Crippen LogP contribution >= 0.6 is 33.2 Å². The zero-order chi connectivity index (χ0) is 14.3. The van der Waals surface area contributed by atoms with E-state index in [2.05, 4.69) is 13.5 Å². The molecule has 0 aliphatic heterocycles. The van der Waals surface area contributed by atoms with Crippen molar-refractivity contribution in [3.63, 3.8) is 0 Å². The van der Waals surface area contributed by atoms with Crippen molar-refractivity contribution in [2.24, 2.45) is 0 Å². The van der Waals surface area contributed by atoms with E-state index in [1.54, 1.807) is 0 Å². The highest BCUT2D eigenvalue weighted by atomic mass is 35.8. The molecule has 1 aromatic rings. The van der Waals surface area contributed by atoms with Crippen LogP contribution in [-0.4, -0.2) is 6.00 Å². The minimum absolute atomic E-state index is 0.00725. The maximum absolute atomic E-state index is 6.27. The van der Waals surface area contributed by atoms with Gasteiger partial charge < -0.3 is 0 Å². The van der Waals surface area contributed by atoms with E-state index in [0.29, 0.717) is 0 Å². The summed E-state index contributed by atoms with van der Waals surface area (Å²) in [7, 11) is 0. The summed E-state index contributed by atoms with van der Waals surface area (Å²) < 4.78 is 0. The molecule has 4 heteroatoms. The molecule has 0 aliphatic carbocycles. The zero-order valence-electron chi connectivity index (χ0n) is 11.3. The summed E-state index contributed by atoms with van der Waals surface area (Å²) in [4.78, 5) is 0. The number of hydrogen-bond acceptors (Lipinski definition) is 0. The van der Waals surface area contributed by atoms with Gasteiger partial charge in [-0.1, -0.05) is 62.2 Å². The van der Waals surface area contributed by atoms with Crippen LogP contribution in [0.5, 0.6) is 0 Å². The summed E-state index contributed by atoms with van der Waals surface area (Å²) in [5, 5.41) is 0. The standard InChI is InChI=1S/C15H21Cl3Si/c1-3-4-6-9-13(2)12-15(19(16,17)18)14-10-7-5-8-11-14/h5,7-8,10-11,15H,2-4,6,9,12H2,1H3. The van der Waals surface area contributed by atoms with Crippen molar-refractivity contribution in [1.29, 1.82) is 0 Å². The molecule has 1 atom stereocenters. The van der Waals surface area contributed by atoms with Gasteiger partial charge in [-0.2, -0.15) is 0 Å². The van der Waals surface area contributed by atoms with Crippen LogP contribution in [0, 0.1) is 0 Å². The van der Waals surface area contributed by atoms with Gasteiger partial charge in [0.2, 0.25) is 0 Å². The van der Waals surface area contributed by atoms with E-state index in [9.17, 15) is 0 Å². The average molecular weight is 336 g/mol. The van der Waals surface area contributed by atoms with E-state index in [4.69, 9.17) is 33.2 Å². The number of allylic oxidation sites excluding steroid dienone is 1. The molecular formula is C15H21Cl3Si. The first kappa shape index (κ1) is 17.1. The second-order valence-corrected chi connectivity index (χ2v) is 13.8. The van der Waals surface area contributed by atoms with Gasteiger partial charge in [-0.25, -0.2) is 0 Å². The number of halogens is 3. The van der Waals surface area contributed by atoms with Crippen molar-refractivity contribution < 1.29 is 0 Å². The van der Waals surface area contributed by atoms with Gasteiger partial charge in [-0.05, 0) is 24.8 Å². The Morgan fingerprint density at radius 1 is 1.16 bits per heavy atom. The van der Waals surface area contributed by atoms with Gasteiger partial charge in [0, 0.05) is 5.54 Å². The van der Waals surface area contributed by atoms with Gasteiger partial charge in [-0.3, -0.25) is 0 Å². The van der Waals surface area contributed by atoms with Crippen LogP contribution in [0.2, 0.25) is 0 Å². The lowest BCUT2D eigenvalue weighted by Gasteiger charge is -2.23. The lowest BCUT2D eigenvalue weighted by molar-refractivity contribution is 0.692. The fourth-order valence-corrected chi connectivity index (χ4v) is 5.04. The number of unbranched alkanes of at least 4 members (excludes halogenated alkanes) is 2. The second kappa shape index (κ2) is 8.36. The van der Waals surface area contributed by atoms with Gasteiger partial charge in [0.05, 0.1) is 0 Å². The Bertz CT molecular complexity index is 384. The Hall–Kier alpha value is 0.0469. The van der Waals surface area contributed by atoms with Crippen LogP contribution in [0.3, 0.4) is 0 Å². The van der Waals surface area contributed by atoms with E-state index in [0.717, 1.165) is 18.4 Å². The van der Waals surface area contributed by atoms with E-state index in [-0.39, 0.29) is 5.54 Å². The summed E-state index contributed by atoms with van der Waals surface area (Å²) >= 11 is 18.8. The number of hydrogen-bond donors (Lipinski definition) is 0. The van der Waals surface area contributed by atoms with E-state index in [1.807, 2.05) is 30.3 Å². The zero-order valence-corrected chi connectivity index (χ0v) is 14.6. The molecule has 0 nitrogen and oxygen atoms in total. The first-order valence-corrected chi connectivity index (χ1v) is 11.8. The largest absolute Gasteiger partial charge is 0.348 e. The predicted octanol–water partition coefficient (Wildman–Crippen LogP) is 6.49. The Labute approximate surface area is 131 Å². The molecular weight excluding hydrogens is 315 g/mol. The monoisotopic (exact) mass is 334 g/mol. The molecule has 0 spiro atoms. The summed E-state index contributed by atoms with van der Waals surface area (Å²) in [6, 6.07) is 7.27. The topological polar surface area (TPSA) is 0 Å². The Balaban J connectivity index is 2.69. The average Bonchev–Trinajstić information content (AvgIpc) is 2.36. The van der Waals surface area contributed by atoms with Crippen molar-refractivity contribution in [2.75, 3.05) is 0 Å². The molecule has 1 aromatic carbocycles. The molecule has 19 heavy (non-hydrogen) atoms. The molecule has 106 valence electrons. The normalized spacial score (nSPS) is 13.3. The molecule has 0 aliphatic rings. The van der Waals surface area contributed by atoms with Gasteiger partial charge in [0.25, 0.3) is 0 Å². The lowest BCUT2D eigenvalue weighted by atomic mass is 10.0. The minimum Gasteiger partial charge on any atom is -0.125 e. The number of rotatable bonds is 8. The summed E-state index contributed by atoms with van der Waals surface area (Å²) in [6.07, 6.45) is 5.45. The third-order valence-corrected chi connectivity index (χ3v) is 6.92. The van der Waals surface area contributed by atoms with Crippen LogP contribution in [0.25, 0.3) is 0 Å².